The van der Waals surface area contributed by atoms with Gasteiger partial charge in [-0.25, -0.2) is 0 Å². The molecule has 1 unspecified atom stereocenters. The molecule has 0 saturated heterocycles. The zero-order valence-electron chi connectivity index (χ0n) is 11.7. The van der Waals surface area contributed by atoms with E-state index in [1.165, 1.54) is 5.56 Å². The van der Waals surface area contributed by atoms with E-state index in [1.807, 2.05) is 26.2 Å². The highest BCUT2D eigenvalue weighted by molar-refractivity contribution is 5.30. The van der Waals surface area contributed by atoms with Crippen molar-refractivity contribution >= 4 is 0 Å². The third-order valence-electron chi connectivity index (χ3n) is 2.88. The summed E-state index contributed by atoms with van der Waals surface area (Å²) in [5.41, 5.74) is 1.21. The topological polar surface area (TPSA) is 44.7 Å². The molecular formula is C14H24N2O2. The van der Waals surface area contributed by atoms with Gasteiger partial charge in [0, 0.05) is 19.1 Å². The highest BCUT2D eigenvalue weighted by atomic mass is 16.5. The van der Waals surface area contributed by atoms with Crippen molar-refractivity contribution in [1.82, 2.24) is 10.2 Å². The highest BCUT2D eigenvalue weighted by Gasteiger charge is 2.14. The third-order valence-corrected chi connectivity index (χ3v) is 2.88. The summed E-state index contributed by atoms with van der Waals surface area (Å²) in [6.07, 6.45) is -0.321. The Morgan fingerprint density at radius 1 is 1.33 bits per heavy atom. The van der Waals surface area contributed by atoms with E-state index in [0.717, 1.165) is 12.3 Å². The lowest BCUT2D eigenvalue weighted by atomic mass is 10.1. The van der Waals surface area contributed by atoms with E-state index in [-0.39, 0.29) is 12.1 Å². The molecule has 0 heterocycles. The number of methoxy groups -OCH3 is 1. The maximum Gasteiger partial charge on any atom is 0.119 e. The maximum absolute atomic E-state index is 9.26. The van der Waals surface area contributed by atoms with Crippen LogP contribution in [-0.2, 0) is 0 Å². The molecule has 102 valence electrons. The number of aliphatic hydroxyl groups is 1. The minimum absolute atomic E-state index is 0.263. The molecule has 2 atom stereocenters. The van der Waals surface area contributed by atoms with Gasteiger partial charge in [-0.2, -0.15) is 0 Å². The summed E-state index contributed by atoms with van der Waals surface area (Å²) >= 11 is 0. The van der Waals surface area contributed by atoms with Crippen molar-refractivity contribution in [1.29, 1.82) is 0 Å². The van der Waals surface area contributed by atoms with Gasteiger partial charge in [0.1, 0.15) is 5.75 Å². The Bertz CT molecular complexity index is 353. The molecule has 0 spiro atoms. The Kier molecular flexibility index (Phi) is 6.12. The number of likely N-dealkylation sites (N-methyl/N-ethyl adjacent to an activating group) is 1. The van der Waals surface area contributed by atoms with Crippen molar-refractivity contribution in [3.8, 4) is 5.75 Å². The summed E-state index contributed by atoms with van der Waals surface area (Å²) < 4.78 is 5.25. The zero-order valence-corrected chi connectivity index (χ0v) is 11.7. The van der Waals surface area contributed by atoms with Crippen molar-refractivity contribution in [2.24, 2.45) is 0 Å². The summed E-state index contributed by atoms with van der Waals surface area (Å²) in [6, 6.07) is 8.35. The molecule has 0 aliphatic heterocycles. The molecule has 18 heavy (non-hydrogen) atoms. The molecular weight excluding hydrogens is 228 g/mol. The number of hydrogen-bond donors (Lipinski definition) is 2. The predicted octanol–water partition coefficient (Wildman–Crippen LogP) is 1.27. The SMILES string of the molecule is COc1cccc(C(CNC[C@H](C)O)N(C)C)c1. The molecule has 1 aromatic rings. The molecule has 0 bridgehead atoms. The van der Waals surface area contributed by atoms with E-state index in [1.54, 1.807) is 14.0 Å². The van der Waals surface area contributed by atoms with E-state index < -0.39 is 0 Å². The van der Waals surface area contributed by atoms with Gasteiger partial charge < -0.3 is 20.1 Å². The lowest BCUT2D eigenvalue weighted by Crippen LogP contribution is -2.34. The molecule has 0 saturated carbocycles. The molecule has 0 aliphatic rings. The first-order valence-electron chi connectivity index (χ1n) is 6.23. The number of nitrogens with one attached hydrogen (secondary N) is 1. The Labute approximate surface area is 110 Å². The largest absolute Gasteiger partial charge is 0.497 e. The van der Waals surface area contributed by atoms with Gasteiger partial charge in [-0.15, -0.1) is 0 Å². The van der Waals surface area contributed by atoms with Gasteiger partial charge in [-0.1, -0.05) is 12.1 Å². The fourth-order valence-corrected chi connectivity index (χ4v) is 1.88. The molecule has 1 aromatic carbocycles. The van der Waals surface area contributed by atoms with Crippen LogP contribution in [0.5, 0.6) is 5.75 Å². The van der Waals surface area contributed by atoms with Gasteiger partial charge in [0.15, 0.2) is 0 Å². The van der Waals surface area contributed by atoms with Crippen LogP contribution in [0.1, 0.15) is 18.5 Å². The van der Waals surface area contributed by atoms with Gasteiger partial charge in [0.05, 0.1) is 13.2 Å². The zero-order chi connectivity index (χ0) is 13.5. The molecule has 0 fully saturated rings. The molecule has 0 aromatic heterocycles. The van der Waals surface area contributed by atoms with E-state index in [9.17, 15) is 5.11 Å². The number of ether oxygens (including phenoxy) is 1. The summed E-state index contributed by atoms with van der Waals surface area (Å²) in [5.74, 6) is 0.870. The van der Waals surface area contributed by atoms with Crippen molar-refractivity contribution in [2.75, 3.05) is 34.3 Å². The van der Waals surface area contributed by atoms with Crippen LogP contribution >= 0.6 is 0 Å². The van der Waals surface area contributed by atoms with Crippen LogP contribution in [0.4, 0.5) is 0 Å². The quantitative estimate of drug-likeness (QED) is 0.767. The van der Waals surface area contributed by atoms with Gasteiger partial charge in [-0.05, 0) is 38.7 Å². The fourth-order valence-electron chi connectivity index (χ4n) is 1.88. The number of benzene rings is 1. The fraction of sp³-hybridized carbons (Fsp3) is 0.571. The second kappa shape index (κ2) is 7.36. The van der Waals surface area contributed by atoms with Crippen LogP contribution in [0.3, 0.4) is 0 Å². The maximum atomic E-state index is 9.26. The van der Waals surface area contributed by atoms with Crippen LogP contribution in [0.2, 0.25) is 0 Å². The molecule has 0 radical (unpaired) electrons. The third kappa shape index (κ3) is 4.64. The summed E-state index contributed by atoms with van der Waals surface area (Å²) in [6.45, 7) is 3.18. The molecule has 1 rings (SSSR count). The van der Waals surface area contributed by atoms with E-state index in [4.69, 9.17) is 4.74 Å². The first-order valence-corrected chi connectivity index (χ1v) is 6.23. The van der Waals surface area contributed by atoms with Crippen molar-refractivity contribution in [3.63, 3.8) is 0 Å². The normalized spacial score (nSPS) is 14.6. The Balaban J connectivity index is 2.71. The highest BCUT2D eigenvalue weighted by Crippen LogP contribution is 2.21. The van der Waals surface area contributed by atoms with Crippen molar-refractivity contribution in [3.05, 3.63) is 29.8 Å². The van der Waals surface area contributed by atoms with Gasteiger partial charge in [0.25, 0.3) is 0 Å². The van der Waals surface area contributed by atoms with Crippen molar-refractivity contribution in [2.45, 2.75) is 19.1 Å². The van der Waals surface area contributed by atoms with Gasteiger partial charge >= 0.3 is 0 Å². The number of nitrogens with zero attached hydrogens (tertiary/aromatic N) is 1. The van der Waals surface area contributed by atoms with Crippen LogP contribution in [0.15, 0.2) is 24.3 Å². The summed E-state index contributed by atoms with van der Waals surface area (Å²) in [5, 5.41) is 12.5. The summed E-state index contributed by atoms with van der Waals surface area (Å²) in [7, 11) is 5.78. The first-order chi connectivity index (χ1) is 8.54. The predicted molar refractivity (Wildman–Crippen MR) is 74.0 cm³/mol. The monoisotopic (exact) mass is 252 g/mol. The number of hydrogen-bond acceptors (Lipinski definition) is 4. The smallest absolute Gasteiger partial charge is 0.119 e. The van der Waals surface area contributed by atoms with Crippen LogP contribution in [0, 0.1) is 0 Å². The number of rotatable bonds is 7. The molecule has 4 nitrogen and oxygen atoms in total. The second-order valence-corrected chi connectivity index (χ2v) is 4.76. The number of aliphatic hydroxyl groups excluding tert-OH is 1. The standard InChI is InChI=1S/C14H24N2O2/c1-11(17)9-15-10-14(16(2)3)12-6-5-7-13(8-12)18-4/h5-8,11,14-15,17H,9-10H2,1-4H3/t11-,14?/m0/s1. The van der Waals surface area contributed by atoms with Crippen LogP contribution in [0.25, 0.3) is 0 Å². The molecule has 4 heteroatoms. The first kappa shape index (κ1) is 15.0. The van der Waals surface area contributed by atoms with E-state index in [0.29, 0.717) is 6.54 Å². The average Bonchev–Trinajstić information content (AvgIpc) is 2.34. The molecule has 0 aliphatic carbocycles. The lowest BCUT2D eigenvalue weighted by Gasteiger charge is -2.25. The van der Waals surface area contributed by atoms with E-state index >= 15 is 0 Å². The molecule has 2 N–H and O–H groups in total. The van der Waals surface area contributed by atoms with Crippen LogP contribution < -0.4 is 10.1 Å². The van der Waals surface area contributed by atoms with E-state index in [2.05, 4.69) is 22.3 Å². The second-order valence-electron chi connectivity index (χ2n) is 4.76. The Morgan fingerprint density at radius 2 is 2.06 bits per heavy atom. The van der Waals surface area contributed by atoms with Gasteiger partial charge in [-0.3, -0.25) is 0 Å². The molecule has 0 amide bonds. The minimum Gasteiger partial charge on any atom is -0.497 e. The van der Waals surface area contributed by atoms with Crippen molar-refractivity contribution < 1.29 is 9.84 Å². The van der Waals surface area contributed by atoms with Crippen LogP contribution in [-0.4, -0.2) is 50.4 Å². The average molecular weight is 252 g/mol. The van der Waals surface area contributed by atoms with Gasteiger partial charge in [0.2, 0.25) is 0 Å². The lowest BCUT2D eigenvalue weighted by molar-refractivity contribution is 0.184. The minimum atomic E-state index is -0.321. The summed E-state index contributed by atoms with van der Waals surface area (Å²) in [4.78, 5) is 2.16. The Hall–Kier alpha value is -1.10. The Morgan fingerprint density at radius 3 is 2.61 bits per heavy atom.